The largest absolute Gasteiger partial charge is 0.508 e. The van der Waals surface area contributed by atoms with Gasteiger partial charge < -0.3 is 10.0 Å². The molecule has 4 heteroatoms. The van der Waals surface area contributed by atoms with Crippen molar-refractivity contribution in [3.05, 3.63) is 91.0 Å². The topological polar surface area (TPSA) is 49.2 Å². The number of pyridine rings is 2. The summed E-state index contributed by atoms with van der Waals surface area (Å²) in [5, 5.41) is 12.0. The van der Waals surface area contributed by atoms with E-state index in [9.17, 15) is 5.11 Å². The zero-order valence-electron chi connectivity index (χ0n) is 13.6. The van der Waals surface area contributed by atoms with Gasteiger partial charge in [0.1, 0.15) is 5.75 Å². The van der Waals surface area contributed by atoms with Crippen LogP contribution in [0.3, 0.4) is 0 Å². The highest BCUT2D eigenvalue weighted by Gasteiger charge is 2.14. The number of nitrogens with zero attached hydrogens (tertiary/aromatic N) is 3. The fourth-order valence-corrected chi connectivity index (χ4v) is 2.98. The number of aromatic hydroxyl groups is 1. The smallest absolute Gasteiger partial charge is 0.115 e. The Labute approximate surface area is 146 Å². The lowest BCUT2D eigenvalue weighted by atomic mass is 10.1. The second-order valence-corrected chi connectivity index (χ2v) is 5.85. The Bertz CT molecular complexity index is 997. The molecule has 0 bridgehead atoms. The van der Waals surface area contributed by atoms with E-state index in [0.29, 0.717) is 6.54 Å². The van der Waals surface area contributed by atoms with Crippen molar-refractivity contribution in [3.8, 4) is 5.75 Å². The van der Waals surface area contributed by atoms with E-state index in [4.69, 9.17) is 0 Å². The first-order chi connectivity index (χ1) is 12.3. The summed E-state index contributed by atoms with van der Waals surface area (Å²) in [6.07, 6.45) is 7.34. The Morgan fingerprint density at radius 2 is 1.76 bits per heavy atom. The SMILES string of the molecule is Oc1cccc(CN(c2cccnc2)c2cncc3ccccc23)c1. The Morgan fingerprint density at radius 1 is 0.840 bits per heavy atom. The fraction of sp³-hybridized carbons (Fsp3) is 0.0476. The highest BCUT2D eigenvalue weighted by Crippen LogP contribution is 2.32. The van der Waals surface area contributed by atoms with E-state index in [0.717, 1.165) is 27.7 Å². The molecule has 2 aromatic carbocycles. The molecule has 0 saturated carbocycles. The summed E-state index contributed by atoms with van der Waals surface area (Å²) in [5.41, 5.74) is 3.00. The lowest BCUT2D eigenvalue weighted by molar-refractivity contribution is 0.474. The molecule has 0 radical (unpaired) electrons. The molecule has 4 rings (SSSR count). The van der Waals surface area contributed by atoms with Crippen LogP contribution >= 0.6 is 0 Å². The van der Waals surface area contributed by atoms with Gasteiger partial charge in [-0.05, 0) is 29.8 Å². The maximum Gasteiger partial charge on any atom is 0.115 e. The Hall–Kier alpha value is -3.40. The maximum absolute atomic E-state index is 9.80. The van der Waals surface area contributed by atoms with Crippen LogP contribution in [0.15, 0.2) is 85.5 Å². The fourth-order valence-electron chi connectivity index (χ4n) is 2.98. The van der Waals surface area contributed by atoms with E-state index in [1.54, 1.807) is 18.3 Å². The third kappa shape index (κ3) is 3.15. The molecule has 25 heavy (non-hydrogen) atoms. The zero-order valence-corrected chi connectivity index (χ0v) is 13.6. The molecule has 2 heterocycles. The van der Waals surface area contributed by atoms with Crippen LogP contribution in [0.2, 0.25) is 0 Å². The summed E-state index contributed by atoms with van der Waals surface area (Å²) in [4.78, 5) is 10.8. The zero-order chi connectivity index (χ0) is 17.1. The van der Waals surface area contributed by atoms with E-state index in [1.807, 2.05) is 55.0 Å². The number of anilines is 2. The molecule has 0 spiro atoms. The van der Waals surface area contributed by atoms with Crippen LogP contribution in [0, 0.1) is 0 Å². The molecule has 0 fully saturated rings. The van der Waals surface area contributed by atoms with Gasteiger partial charge in [0.2, 0.25) is 0 Å². The van der Waals surface area contributed by atoms with Crippen molar-refractivity contribution in [3.63, 3.8) is 0 Å². The van der Waals surface area contributed by atoms with E-state index >= 15 is 0 Å². The highest BCUT2D eigenvalue weighted by atomic mass is 16.3. The molecule has 0 saturated heterocycles. The predicted octanol–water partition coefficient (Wildman–Crippen LogP) is 4.67. The van der Waals surface area contributed by atoms with Crippen molar-refractivity contribution in [2.24, 2.45) is 0 Å². The van der Waals surface area contributed by atoms with Gasteiger partial charge in [-0.2, -0.15) is 0 Å². The summed E-state index contributed by atoms with van der Waals surface area (Å²) in [6, 6.07) is 19.5. The molecule has 0 unspecified atom stereocenters. The van der Waals surface area contributed by atoms with Gasteiger partial charge >= 0.3 is 0 Å². The minimum atomic E-state index is 0.264. The monoisotopic (exact) mass is 327 g/mol. The van der Waals surface area contributed by atoms with Crippen LogP contribution in [0.4, 0.5) is 11.4 Å². The average Bonchev–Trinajstić information content (AvgIpc) is 2.67. The molecule has 1 N–H and O–H groups in total. The molecular weight excluding hydrogens is 310 g/mol. The number of fused-ring (bicyclic) bond motifs is 1. The van der Waals surface area contributed by atoms with E-state index in [2.05, 4.69) is 27.0 Å². The van der Waals surface area contributed by atoms with Gasteiger partial charge in [-0.3, -0.25) is 9.97 Å². The summed E-state index contributed by atoms with van der Waals surface area (Å²) in [6.45, 7) is 0.607. The molecule has 0 aliphatic heterocycles. The Balaban J connectivity index is 1.85. The Kier molecular flexibility index (Phi) is 4.01. The van der Waals surface area contributed by atoms with Gasteiger partial charge in [0.05, 0.1) is 23.8 Å². The molecule has 0 amide bonds. The van der Waals surface area contributed by atoms with E-state index < -0.39 is 0 Å². The third-order valence-corrected chi connectivity index (χ3v) is 4.15. The van der Waals surface area contributed by atoms with Crippen LogP contribution in [-0.2, 0) is 6.54 Å². The molecular formula is C21H17N3O. The number of hydrogen-bond acceptors (Lipinski definition) is 4. The number of hydrogen-bond donors (Lipinski definition) is 1. The van der Waals surface area contributed by atoms with Gasteiger partial charge in [0.25, 0.3) is 0 Å². The highest BCUT2D eigenvalue weighted by molar-refractivity contribution is 5.95. The van der Waals surface area contributed by atoms with E-state index in [-0.39, 0.29) is 5.75 Å². The molecule has 0 atom stereocenters. The predicted molar refractivity (Wildman–Crippen MR) is 99.9 cm³/mol. The quantitative estimate of drug-likeness (QED) is 0.591. The standard InChI is InChI=1S/C21H17N3O/c25-19-8-3-5-16(11-19)15-24(18-7-4-10-22-13-18)21-14-23-12-17-6-1-2-9-20(17)21/h1-14,25H,15H2. The van der Waals surface area contributed by atoms with Crippen LogP contribution in [-0.4, -0.2) is 15.1 Å². The number of benzene rings is 2. The first-order valence-corrected chi connectivity index (χ1v) is 8.09. The summed E-state index contributed by atoms with van der Waals surface area (Å²) in [7, 11) is 0. The van der Waals surface area contributed by atoms with Gasteiger partial charge in [-0.25, -0.2) is 0 Å². The van der Waals surface area contributed by atoms with Crippen molar-refractivity contribution < 1.29 is 5.11 Å². The van der Waals surface area contributed by atoms with Crippen LogP contribution in [0.5, 0.6) is 5.75 Å². The first kappa shape index (κ1) is 15.1. The Morgan fingerprint density at radius 3 is 2.60 bits per heavy atom. The molecule has 2 aromatic heterocycles. The number of phenolic OH excluding ortho intramolecular Hbond substituents is 1. The maximum atomic E-state index is 9.80. The summed E-state index contributed by atoms with van der Waals surface area (Å²) < 4.78 is 0. The molecule has 4 nitrogen and oxygen atoms in total. The second-order valence-electron chi connectivity index (χ2n) is 5.85. The number of aromatic nitrogens is 2. The average molecular weight is 327 g/mol. The van der Waals surface area contributed by atoms with Crippen LogP contribution < -0.4 is 4.90 Å². The molecule has 4 aromatic rings. The molecule has 0 aliphatic rings. The normalized spacial score (nSPS) is 10.7. The van der Waals surface area contributed by atoms with Crippen molar-refractivity contribution in [1.82, 2.24) is 9.97 Å². The minimum Gasteiger partial charge on any atom is -0.508 e. The van der Waals surface area contributed by atoms with Gasteiger partial charge in [0.15, 0.2) is 0 Å². The summed E-state index contributed by atoms with van der Waals surface area (Å²) >= 11 is 0. The van der Waals surface area contributed by atoms with Crippen LogP contribution in [0.25, 0.3) is 10.8 Å². The van der Waals surface area contributed by atoms with Gasteiger partial charge in [0, 0.05) is 29.7 Å². The molecule has 0 aliphatic carbocycles. The second kappa shape index (κ2) is 6.61. The van der Waals surface area contributed by atoms with Gasteiger partial charge in [-0.15, -0.1) is 0 Å². The van der Waals surface area contributed by atoms with Crippen molar-refractivity contribution in [2.45, 2.75) is 6.54 Å². The lowest BCUT2D eigenvalue weighted by Gasteiger charge is -2.26. The van der Waals surface area contributed by atoms with Crippen molar-refractivity contribution >= 4 is 22.1 Å². The lowest BCUT2D eigenvalue weighted by Crippen LogP contribution is -2.17. The van der Waals surface area contributed by atoms with Crippen LogP contribution in [0.1, 0.15) is 5.56 Å². The third-order valence-electron chi connectivity index (χ3n) is 4.15. The first-order valence-electron chi connectivity index (χ1n) is 8.09. The van der Waals surface area contributed by atoms with Crippen molar-refractivity contribution in [2.75, 3.05) is 4.90 Å². The number of phenols is 1. The summed E-state index contributed by atoms with van der Waals surface area (Å²) in [5.74, 6) is 0.264. The van der Waals surface area contributed by atoms with Crippen molar-refractivity contribution in [1.29, 1.82) is 0 Å². The van der Waals surface area contributed by atoms with E-state index in [1.165, 1.54) is 0 Å². The van der Waals surface area contributed by atoms with Gasteiger partial charge in [-0.1, -0.05) is 36.4 Å². The number of rotatable bonds is 4. The molecule has 122 valence electrons. The minimum absolute atomic E-state index is 0.264.